The second kappa shape index (κ2) is 5.67. The summed E-state index contributed by atoms with van der Waals surface area (Å²) in [6.45, 7) is 3.57. The number of carboxylic acids is 1. The van der Waals surface area contributed by atoms with Crippen molar-refractivity contribution in [3.05, 3.63) is 0 Å². The molecule has 1 amide bonds. The van der Waals surface area contributed by atoms with Crippen LogP contribution in [0.2, 0.25) is 0 Å². The Labute approximate surface area is 88.5 Å². The highest BCUT2D eigenvalue weighted by atomic mass is 16.4. The molecule has 0 radical (unpaired) electrons. The van der Waals surface area contributed by atoms with E-state index in [1.807, 2.05) is 0 Å². The van der Waals surface area contributed by atoms with Gasteiger partial charge >= 0.3 is 5.97 Å². The quantitative estimate of drug-likeness (QED) is 0.460. The summed E-state index contributed by atoms with van der Waals surface area (Å²) in [5.74, 6) is -1.54. The van der Waals surface area contributed by atoms with Gasteiger partial charge in [-0.15, -0.1) is 0 Å². The predicted molar refractivity (Wildman–Crippen MR) is 54.2 cm³/mol. The minimum Gasteiger partial charge on any atom is -0.479 e. The highest BCUT2D eigenvalue weighted by Gasteiger charge is 2.17. The van der Waals surface area contributed by atoms with Crippen LogP contribution in [-0.4, -0.2) is 40.3 Å². The lowest BCUT2D eigenvalue weighted by molar-refractivity contribution is -0.147. The Balaban J connectivity index is 3.69. The number of rotatable bonds is 6. The zero-order valence-electron chi connectivity index (χ0n) is 8.99. The van der Waals surface area contributed by atoms with Gasteiger partial charge in [0.05, 0.1) is 0 Å². The van der Waals surface area contributed by atoms with Gasteiger partial charge in [-0.3, -0.25) is 4.79 Å². The second-order valence-electron chi connectivity index (χ2n) is 4.16. The number of nitrogens with one attached hydrogen (secondary N) is 1. The third-order valence-electron chi connectivity index (χ3n) is 1.64. The van der Waals surface area contributed by atoms with Gasteiger partial charge in [-0.25, -0.2) is 4.79 Å². The number of nitrogens with two attached hydrogens (primary N) is 1. The average Bonchev–Trinajstić information content (AvgIpc) is 2.00. The molecular formula is C9H18N2O4. The third-order valence-corrected chi connectivity index (χ3v) is 1.64. The molecule has 0 aliphatic carbocycles. The van der Waals surface area contributed by atoms with Crippen molar-refractivity contribution in [3.63, 3.8) is 0 Å². The van der Waals surface area contributed by atoms with E-state index in [1.165, 1.54) is 0 Å². The summed E-state index contributed by atoms with van der Waals surface area (Å²) in [4.78, 5) is 21.4. The van der Waals surface area contributed by atoms with Crippen molar-refractivity contribution in [1.29, 1.82) is 0 Å². The molecule has 0 aliphatic rings. The Morgan fingerprint density at radius 1 is 1.47 bits per heavy atom. The van der Waals surface area contributed by atoms with Crippen molar-refractivity contribution in [3.8, 4) is 0 Å². The number of aliphatic hydroxyl groups is 1. The largest absolute Gasteiger partial charge is 0.479 e. The lowest BCUT2D eigenvalue weighted by Gasteiger charge is -2.17. The predicted octanol–water partition coefficient (Wildman–Crippen LogP) is -0.934. The highest BCUT2D eigenvalue weighted by molar-refractivity contribution is 5.77. The fraction of sp³-hybridized carbons (Fsp3) is 0.778. The van der Waals surface area contributed by atoms with E-state index >= 15 is 0 Å². The molecule has 0 saturated carbocycles. The van der Waals surface area contributed by atoms with Crippen LogP contribution in [0.15, 0.2) is 0 Å². The van der Waals surface area contributed by atoms with Crippen molar-refractivity contribution in [1.82, 2.24) is 5.32 Å². The van der Waals surface area contributed by atoms with Gasteiger partial charge in [0.15, 0.2) is 6.10 Å². The van der Waals surface area contributed by atoms with Crippen molar-refractivity contribution in [2.45, 2.75) is 38.3 Å². The number of hydrogen-bond donors (Lipinski definition) is 4. The molecule has 0 aromatic rings. The summed E-state index contributed by atoms with van der Waals surface area (Å²) in [5.41, 5.74) is 5.02. The van der Waals surface area contributed by atoms with Crippen molar-refractivity contribution < 1.29 is 19.8 Å². The van der Waals surface area contributed by atoms with E-state index in [4.69, 9.17) is 15.9 Å². The molecule has 6 nitrogen and oxygen atoms in total. The van der Waals surface area contributed by atoms with E-state index in [-0.39, 0.29) is 25.3 Å². The fourth-order valence-electron chi connectivity index (χ4n) is 0.948. The maximum absolute atomic E-state index is 11.2. The summed E-state index contributed by atoms with van der Waals surface area (Å²) in [6.07, 6.45) is -1.28. The van der Waals surface area contributed by atoms with E-state index in [0.29, 0.717) is 0 Å². The van der Waals surface area contributed by atoms with Gasteiger partial charge in [0.25, 0.3) is 0 Å². The van der Waals surface area contributed by atoms with Gasteiger partial charge < -0.3 is 21.3 Å². The molecule has 0 fully saturated rings. The SMILES string of the molecule is CC(C)(N)CC(=O)NCC[C@H](O)C(=O)O. The lowest BCUT2D eigenvalue weighted by atomic mass is 10.0. The first-order valence-electron chi connectivity index (χ1n) is 4.69. The molecule has 1 atom stereocenters. The highest BCUT2D eigenvalue weighted by Crippen LogP contribution is 2.02. The lowest BCUT2D eigenvalue weighted by Crippen LogP contribution is -2.40. The van der Waals surface area contributed by atoms with Gasteiger partial charge in [0.2, 0.25) is 5.91 Å². The molecule has 88 valence electrons. The summed E-state index contributed by atoms with van der Waals surface area (Å²) in [7, 11) is 0. The monoisotopic (exact) mass is 218 g/mol. The standard InChI is InChI=1S/C9H18N2O4/c1-9(2,10)5-7(13)11-4-3-6(12)8(14)15/h6,12H,3-5,10H2,1-2H3,(H,11,13)(H,14,15)/t6-/m0/s1. The van der Waals surface area contributed by atoms with Crippen molar-refractivity contribution in [2.24, 2.45) is 5.73 Å². The first-order valence-corrected chi connectivity index (χ1v) is 4.69. The van der Waals surface area contributed by atoms with Crippen LogP contribution in [0.4, 0.5) is 0 Å². The smallest absolute Gasteiger partial charge is 0.332 e. The Bertz CT molecular complexity index is 235. The van der Waals surface area contributed by atoms with Crippen LogP contribution in [0.5, 0.6) is 0 Å². The fourth-order valence-corrected chi connectivity index (χ4v) is 0.948. The Morgan fingerprint density at radius 2 is 2.00 bits per heavy atom. The summed E-state index contributed by atoms with van der Waals surface area (Å²) < 4.78 is 0. The zero-order chi connectivity index (χ0) is 12.1. The summed E-state index contributed by atoms with van der Waals surface area (Å²) in [6, 6.07) is 0. The molecule has 15 heavy (non-hydrogen) atoms. The number of carboxylic acid groups (broad SMARTS) is 1. The number of carbonyl (C=O) groups excluding carboxylic acids is 1. The molecule has 0 aliphatic heterocycles. The van der Waals surface area contributed by atoms with Crippen molar-refractivity contribution in [2.75, 3.05) is 6.54 Å². The van der Waals surface area contributed by atoms with Crippen LogP contribution in [0.3, 0.4) is 0 Å². The van der Waals surface area contributed by atoms with E-state index in [9.17, 15) is 9.59 Å². The third kappa shape index (κ3) is 7.90. The van der Waals surface area contributed by atoms with E-state index < -0.39 is 17.6 Å². The number of hydrogen-bond acceptors (Lipinski definition) is 4. The van der Waals surface area contributed by atoms with Crippen LogP contribution in [0.25, 0.3) is 0 Å². The van der Waals surface area contributed by atoms with Gasteiger partial charge in [-0.2, -0.15) is 0 Å². The van der Waals surface area contributed by atoms with Gasteiger partial charge in [0, 0.05) is 24.9 Å². The normalized spacial score (nSPS) is 13.3. The number of aliphatic hydroxyl groups excluding tert-OH is 1. The van der Waals surface area contributed by atoms with E-state index in [2.05, 4.69) is 5.32 Å². The molecular weight excluding hydrogens is 200 g/mol. The first kappa shape index (κ1) is 13.9. The van der Waals surface area contributed by atoms with E-state index in [0.717, 1.165) is 0 Å². The Hall–Kier alpha value is -1.14. The molecule has 0 aromatic carbocycles. The molecule has 0 aromatic heterocycles. The molecule has 0 rings (SSSR count). The molecule has 6 heteroatoms. The zero-order valence-corrected chi connectivity index (χ0v) is 8.99. The van der Waals surface area contributed by atoms with E-state index in [1.54, 1.807) is 13.8 Å². The minimum absolute atomic E-state index is 0.00786. The molecule has 5 N–H and O–H groups in total. The summed E-state index contributed by atoms with van der Waals surface area (Å²) >= 11 is 0. The Morgan fingerprint density at radius 3 is 2.40 bits per heavy atom. The van der Waals surface area contributed by atoms with Gasteiger partial charge in [-0.1, -0.05) is 0 Å². The first-order chi connectivity index (χ1) is 6.72. The van der Waals surface area contributed by atoms with Gasteiger partial charge in [-0.05, 0) is 13.8 Å². The van der Waals surface area contributed by atoms with Crippen LogP contribution in [0.1, 0.15) is 26.7 Å². The molecule has 0 bridgehead atoms. The second-order valence-corrected chi connectivity index (χ2v) is 4.16. The molecule has 0 spiro atoms. The number of amides is 1. The maximum Gasteiger partial charge on any atom is 0.332 e. The minimum atomic E-state index is -1.43. The molecule has 0 saturated heterocycles. The van der Waals surface area contributed by atoms with Crippen LogP contribution in [-0.2, 0) is 9.59 Å². The molecule has 0 heterocycles. The Kier molecular flexibility index (Phi) is 5.24. The topological polar surface area (TPSA) is 113 Å². The van der Waals surface area contributed by atoms with Crippen LogP contribution in [0, 0.1) is 0 Å². The average molecular weight is 218 g/mol. The number of carbonyl (C=O) groups is 2. The maximum atomic E-state index is 11.2. The molecule has 0 unspecified atom stereocenters. The number of aliphatic carboxylic acids is 1. The van der Waals surface area contributed by atoms with Crippen LogP contribution < -0.4 is 11.1 Å². The van der Waals surface area contributed by atoms with Gasteiger partial charge in [0.1, 0.15) is 0 Å². The summed E-state index contributed by atoms with van der Waals surface area (Å²) in [5, 5.41) is 19.7. The van der Waals surface area contributed by atoms with Crippen LogP contribution >= 0.6 is 0 Å². The van der Waals surface area contributed by atoms with Crippen molar-refractivity contribution >= 4 is 11.9 Å².